The zero-order valence-corrected chi connectivity index (χ0v) is 7.74. The smallest absolute Gasteiger partial charge is 0.127 e. The van der Waals surface area contributed by atoms with Crippen LogP contribution in [-0.4, -0.2) is 30.3 Å². The number of aromatic nitrogens is 2. The van der Waals surface area contributed by atoms with Gasteiger partial charge in [0.2, 0.25) is 0 Å². The van der Waals surface area contributed by atoms with Crippen LogP contribution in [0.2, 0.25) is 0 Å². The summed E-state index contributed by atoms with van der Waals surface area (Å²) in [4.78, 5) is 4.23. The zero-order chi connectivity index (χ0) is 8.97. The number of nitrogens with one attached hydrogen (secondary N) is 1. The zero-order valence-electron chi connectivity index (χ0n) is 7.74. The van der Waals surface area contributed by atoms with E-state index in [4.69, 9.17) is 4.74 Å². The number of nitrogens with zero attached hydrogens (tertiary/aromatic N) is 2. The molecule has 0 radical (unpaired) electrons. The maximum Gasteiger partial charge on any atom is 0.127 e. The fourth-order valence-corrected chi connectivity index (χ4v) is 1.17. The Morgan fingerprint density at radius 3 is 2.92 bits per heavy atom. The Hall–Kier alpha value is -0.870. The van der Waals surface area contributed by atoms with E-state index in [-0.39, 0.29) is 6.04 Å². The molecular weight excluding hydrogens is 154 g/mol. The minimum Gasteiger partial charge on any atom is -0.383 e. The summed E-state index contributed by atoms with van der Waals surface area (Å²) in [5, 5.41) is 3.14. The first-order valence-corrected chi connectivity index (χ1v) is 3.93. The minimum absolute atomic E-state index is 0.176. The fraction of sp³-hybridized carbons (Fsp3) is 0.625. The molecule has 0 aliphatic heterocycles. The van der Waals surface area contributed by atoms with E-state index in [2.05, 4.69) is 10.3 Å². The average Bonchev–Trinajstić information content (AvgIpc) is 2.47. The minimum atomic E-state index is 0.176. The summed E-state index contributed by atoms with van der Waals surface area (Å²) in [6, 6.07) is 0.176. The lowest BCUT2D eigenvalue weighted by Crippen LogP contribution is -2.24. The molecule has 0 aliphatic carbocycles. The Balaban J connectivity index is 2.72. The van der Waals surface area contributed by atoms with Crippen molar-refractivity contribution >= 4 is 0 Å². The molecule has 68 valence electrons. The molecule has 12 heavy (non-hydrogen) atoms. The summed E-state index contributed by atoms with van der Waals surface area (Å²) in [5.41, 5.74) is 0. The first kappa shape index (κ1) is 9.22. The molecule has 0 saturated heterocycles. The van der Waals surface area contributed by atoms with Crippen LogP contribution in [0.1, 0.15) is 11.9 Å². The highest BCUT2D eigenvalue weighted by molar-refractivity contribution is 4.98. The average molecular weight is 169 g/mol. The lowest BCUT2D eigenvalue weighted by atomic mass is 10.3. The lowest BCUT2D eigenvalue weighted by Gasteiger charge is -2.14. The predicted octanol–water partition coefficient (Wildman–Crippen LogP) is 0.327. The van der Waals surface area contributed by atoms with Crippen molar-refractivity contribution in [2.75, 3.05) is 20.8 Å². The van der Waals surface area contributed by atoms with Crippen LogP contribution in [0.25, 0.3) is 0 Å². The maximum atomic E-state index is 5.06. The maximum absolute atomic E-state index is 5.06. The summed E-state index contributed by atoms with van der Waals surface area (Å²) in [5.74, 6) is 0.999. The third-order valence-electron chi connectivity index (χ3n) is 1.85. The van der Waals surface area contributed by atoms with Crippen molar-refractivity contribution in [1.29, 1.82) is 0 Å². The van der Waals surface area contributed by atoms with Gasteiger partial charge in [-0.25, -0.2) is 4.98 Å². The summed E-state index contributed by atoms with van der Waals surface area (Å²) < 4.78 is 7.04. The molecule has 0 aromatic carbocycles. The van der Waals surface area contributed by atoms with Gasteiger partial charge < -0.3 is 14.6 Å². The predicted molar refractivity (Wildman–Crippen MR) is 46.9 cm³/mol. The summed E-state index contributed by atoms with van der Waals surface area (Å²) >= 11 is 0. The van der Waals surface area contributed by atoms with E-state index in [0.717, 1.165) is 5.82 Å². The first-order valence-electron chi connectivity index (χ1n) is 3.93. The van der Waals surface area contributed by atoms with E-state index in [1.165, 1.54) is 0 Å². The lowest BCUT2D eigenvalue weighted by molar-refractivity contribution is 0.166. The summed E-state index contributed by atoms with van der Waals surface area (Å²) in [6.45, 7) is 0.640. The van der Waals surface area contributed by atoms with Crippen LogP contribution in [0.3, 0.4) is 0 Å². The second-order valence-electron chi connectivity index (χ2n) is 2.69. The molecule has 1 heterocycles. The van der Waals surface area contributed by atoms with Crippen molar-refractivity contribution in [1.82, 2.24) is 14.9 Å². The molecular formula is C8H15N3O. The second-order valence-corrected chi connectivity index (χ2v) is 2.69. The summed E-state index contributed by atoms with van der Waals surface area (Å²) in [6.07, 6.45) is 3.71. The van der Waals surface area contributed by atoms with E-state index in [1.807, 2.05) is 24.9 Å². The molecule has 4 heteroatoms. The van der Waals surface area contributed by atoms with Gasteiger partial charge in [0.1, 0.15) is 5.82 Å². The summed E-state index contributed by atoms with van der Waals surface area (Å²) in [7, 11) is 5.56. The molecule has 0 spiro atoms. The van der Waals surface area contributed by atoms with Crippen LogP contribution in [-0.2, 0) is 11.8 Å². The van der Waals surface area contributed by atoms with Gasteiger partial charge in [-0.05, 0) is 7.05 Å². The number of methoxy groups -OCH3 is 1. The van der Waals surface area contributed by atoms with Crippen LogP contribution >= 0.6 is 0 Å². The van der Waals surface area contributed by atoms with Crippen LogP contribution in [0, 0.1) is 0 Å². The van der Waals surface area contributed by atoms with Crippen molar-refractivity contribution in [3.8, 4) is 0 Å². The highest BCUT2D eigenvalue weighted by Crippen LogP contribution is 2.08. The van der Waals surface area contributed by atoms with Crippen LogP contribution in [0.5, 0.6) is 0 Å². The standard InChI is InChI=1S/C8H15N3O/c1-9-7(6-12-3)8-10-4-5-11(8)2/h4-5,7,9H,6H2,1-3H3. The Kier molecular flexibility index (Phi) is 3.25. The van der Waals surface area contributed by atoms with Crippen LogP contribution < -0.4 is 5.32 Å². The van der Waals surface area contributed by atoms with Crippen LogP contribution in [0.15, 0.2) is 12.4 Å². The first-order chi connectivity index (χ1) is 5.79. The third-order valence-corrected chi connectivity index (χ3v) is 1.85. The normalized spacial score (nSPS) is 13.2. The second kappa shape index (κ2) is 4.23. The van der Waals surface area contributed by atoms with Gasteiger partial charge in [0, 0.05) is 26.6 Å². The Bertz CT molecular complexity index is 234. The fourth-order valence-electron chi connectivity index (χ4n) is 1.17. The third kappa shape index (κ3) is 1.84. The van der Waals surface area contributed by atoms with E-state index in [1.54, 1.807) is 13.3 Å². The topological polar surface area (TPSA) is 39.1 Å². The number of ether oxygens (including phenoxy) is 1. The van der Waals surface area contributed by atoms with Crippen LogP contribution in [0.4, 0.5) is 0 Å². The van der Waals surface area contributed by atoms with Crippen molar-refractivity contribution in [3.05, 3.63) is 18.2 Å². The molecule has 1 rings (SSSR count). The monoisotopic (exact) mass is 169 g/mol. The molecule has 0 aliphatic rings. The largest absolute Gasteiger partial charge is 0.383 e. The molecule has 1 aromatic rings. The molecule has 0 saturated carbocycles. The van der Waals surface area contributed by atoms with Crippen molar-refractivity contribution < 1.29 is 4.74 Å². The highest BCUT2D eigenvalue weighted by Gasteiger charge is 2.12. The number of hydrogen-bond acceptors (Lipinski definition) is 3. The quantitative estimate of drug-likeness (QED) is 0.706. The van der Waals surface area contributed by atoms with E-state index in [0.29, 0.717) is 6.61 Å². The SMILES string of the molecule is CNC(COC)c1nccn1C. The molecule has 1 N–H and O–H groups in total. The number of imidazole rings is 1. The van der Waals surface area contributed by atoms with Gasteiger partial charge in [0.05, 0.1) is 12.6 Å². The molecule has 1 atom stereocenters. The molecule has 0 fully saturated rings. The molecule has 0 bridgehead atoms. The number of hydrogen-bond donors (Lipinski definition) is 1. The van der Waals surface area contributed by atoms with Crippen molar-refractivity contribution in [3.63, 3.8) is 0 Å². The number of rotatable bonds is 4. The molecule has 1 aromatic heterocycles. The molecule has 4 nitrogen and oxygen atoms in total. The van der Waals surface area contributed by atoms with E-state index < -0.39 is 0 Å². The Labute approximate surface area is 72.6 Å². The van der Waals surface area contributed by atoms with Gasteiger partial charge in [-0.3, -0.25) is 0 Å². The Morgan fingerprint density at radius 1 is 1.75 bits per heavy atom. The van der Waals surface area contributed by atoms with Crippen molar-refractivity contribution in [2.24, 2.45) is 7.05 Å². The van der Waals surface area contributed by atoms with Gasteiger partial charge in [0.15, 0.2) is 0 Å². The van der Waals surface area contributed by atoms with E-state index >= 15 is 0 Å². The van der Waals surface area contributed by atoms with Gasteiger partial charge >= 0.3 is 0 Å². The molecule has 1 unspecified atom stereocenters. The van der Waals surface area contributed by atoms with Gasteiger partial charge in [0.25, 0.3) is 0 Å². The van der Waals surface area contributed by atoms with Gasteiger partial charge in [-0.15, -0.1) is 0 Å². The molecule has 0 amide bonds. The van der Waals surface area contributed by atoms with Gasteiger partial charge in [-0.1, -0.05) is 0 Å². The Morgan fingerprint density at radius 2 is 2.50 bits per heavy atom. The number of likely N-dealkylation sites (N-methyl/N-ethyl adjacent to an activating group) is 1. The van der Waals surface area contributed by atoms with Gasteiger partial charge in [-0.2, -0.15) is 0 Å². The van der Waals surface area contributed by atoms with E-state index in [9.17, 15) is 0 Å². The van der Waals surface area contributed by atoms with Crippen molar-refractivity contribution in [2.45, 2.75) is 6.04 Å². The number of aryl methyl sites for hydroxylation is 1. The highest BCUT2D eigenvalue weighted by atomic mass is 16.5.